The molecule has 0 aliphatic rings. The highest BCUT2D eigenvalue weighted by atomic mass is 32.2. The lowest BCUT2D eigenvalue weighted by atomic mass is 10.2. The maximum atomic E-state index is 11.6. The van der Waals surface area contributed by atoms with Crippen LogP contribution in [0.25, 0.3) is 0 Å². The highest BCUT2D eigenvalue weighted by Crippen LogP contribution is 1.98. The predicted octanol–water partition coefficient (Wildman–Crippen LogP) is 1.08. The van der Waals surface area contributed by atoms with E-state index in [9.17, 15) is 13.2 Å². The highest BCUT2D eigenvalue weighted by molar-refractivity contribution is 7.91. The minimum Gasteiger partial charge on any atom is -0.351 e. The average molecular weight is 300 g/mol. The molecule has 0 aliphatic heterocycles. The molecule has 5 nitrogen and oxygen atoms in total. The summed E-state index contributed by atoms with van der Waals surface area (Å²) >= 11 is 0. The normalized spacial score (nSPS) is 10.3. The Morgan fingerprint density at radius 1 is 1.10 bits per heavy atom. The number of rotatable bonds is 6. The standard InChI is InChI=1S/C12H17NO3S.C2H7N/c1-2-9-17(15,16)10-8-13-12(14)11-6-4-3-5-7-11;1-3-2/h3-7H,2,8-10H2,1H3,(H,13,14);3H,1-2H3. The average Bonchev–Trinajstić information content (AvgIpc) is 2.40. The van der Waals surface area contributed by atoms with Gasteiger partial charge in [0.15, 0.2) is 9.84 Å². The van der Waals surface area contributed by atoms with Crippen molar-refractivity contribution in [2.75, 3.05) is 32.1 Å². The predicted molar refractivity (Wildman–Crippen MR) is 82.7 cm³/mol. The summed E-state index contributed by atoms with van der Waals surface area (Å²) in [7, 11) is 0.726. The Balaban J connectivity index is 0.00000110. The summed E-state index contributed by atoms with van der Waals surface area (Å²) in [6.07, 6.45) is 0.606. The van der Waals surface area contributed by atoms with E-state index in [0.717, 1.165) is 0 Å². The Kier molecular flexibility index (Phi) is 9.67. The van der Waals surface area contributed by atoms with Crippen LogP contribution >= 0.6 is 0 Å². The van der Waals surface area contributed by atoms with Gasteiger partial charge in [-0.05, 0) is 32.6 Å². The van der Waals surface area contributed by atoms with Crippen molar-refractivity contribution in [3.8, 4) is 0 Å². The molecule has 1 aromatic carbocycles. The van der Waals surface area contributed by atoms with Gasteiger partial charge in [0, 0.05) is 17.9 Å². The van der Waals surface area contributed by atoms with Crippen molar-refractivity contribution in [1.29, 1.82) is 0 Å². The van der Waals surface area contributed by atoms with Gasteiger partial charge in [-0.3, -0.25) is 4.79 Å². The van der Waals surface area contributed by atoms with E-state index >= 15 is 0 Å². The number of carbonyl (C=O) groups excluding carboxylic acids is 1. The molecule has 114 valence electrons. The summed E-state index contributed by atoms with van der Waals surface area (Å²) < 4.78 is 22.8. The number of benzene rings is 1. The highest BCUT2D eigenvalue weighted by Gasteiger charge is 2.10. The monoisotopic (exact) mass is 300 g/mol. The molecule has 0 aliphatic carbocycles. The molecule has 1 rings (SSSR count). The van der Waals surface area contributed by atoms with Gasteiger partial charge in [0.05, 0.1) is 5.75 Å². The molecule has 0 spiro atoms. The molecule has 0 heterocycles. The molecule has 1 amide bonds. The molecule has 0 saturated carbocycles. The third kappa shape index (κ3) is 8.66. The van der Waals surface area contributed by atoms with Crippen molar-refractivity contribution in [1.82, 2.24) is 10.6 Å². The Morgan fingerprint density at radius 3 is 2.15 bits per heavy atom. The molecular formula is C14H24N2O3S. The second-order valence-electron chi connectivity index (χ2n) is 4.27. The second-order valence-corrected chi connectivity index (χ2v) is 6.58. The van der Waals surface area contributed by atoms with Crippen LogP contribution in [0.5, 0.6) is 0 Å². The Labute approximate surface area is 121 Å². The molecular weight excluding hydrogens is 276 g/mol. The SMILES string of the molecule is CCCS(=O)(=O)CCNC(=O)c1ccccc1.CNC. The first-order chi connectivity index (χ1) is 9.46. The van der Waals surface area contributed by atoms with E-state index in [1.807, 2.05) is 27.1 Å². The van der Waals surface area contributed by atoms with Gasteiger partial charge in [0.25, 0.3) is 5.91 Å². The molecule has 20 heavy (non-hydrogen) atoms. The molecule has 0 radical (unpaired) electrons. The van der Waals surface area contributed by atoms with Crippen molar-refractivity contribution in [3.63, 3.8) is 0 Å². The van der Waals surface area contributed by atoms with Crippen LogP contribution < -0.4 is 10.6 Å². The molecule has 0 unspecified atom stereocenters. The van der Waals surface area contributed by atoms with Crippen LogP contribution in [0.2, 0.25) is 0 Å². The van der Waals surface area contributed by atoms with Crippen molar-refractivity contribution in [2.45, 2.75) is 13.3 Å². The van der Waals surface area contributed by atoms with Crippen LogP contribution in [0.4, 0.5) is 0 Å². The van der Waals surface area contributed by atoms with Crippen molar-refractivity contribution < 1.29 is 13.2 Å². The van der Waals surface area contributed by atoms with Gasteiger partial charge in [0.1, 0.15) is 0 Å². The van der Waals surface area contributed by atoms with E-state index in [1.54, 1.807) is 24.3 Å². The van der Waals surface area contributed by atoms with E-state index in [4.69, 9.17) is 0 Å². The van der Waals surface area contributed by atoms with Gasteiger partial charge in [0.2, 0.25) is 0 Å². The summed E-state index contributed by atoms with van der Waals surface area (Å²) in [6, 6.07) is 8.74. The Hall–Kier alpha value is -1.40. The minimum absolute atomic E-state index is 0.000582. The Bertz CT molecular complexity index is 472. The summed E-state index contributed by atoms with van der Waals surface area (Å²) in [4.78, 5) is 11.6. The summed E-state index contributed by atoms with van der Waals surface area (Å²) in [6.45, 7) is 1.98. The third-order valence-corrected chi connectivity index (χ3v) is 4.11. The van der Waals surface area contributed by atoms with Crippen molar-refractivity contribution in [2.24, 2.45) is 0 Å². The first-order valence-corrected chi connectivity index (χ1v) is 8.41. The lowest BCUT2D eigenvalue weighted by Gasteiger charge is -2.05. The third-order valence-electron chi connectivity index (χ3n) is 2.25. The number of sulfone groups is 1. The minimum atomic E-state index is -3.02. The zero-order chi connectivity index (χ0) is 15.4. The van der Waals surface area contributed by atoms with Crippen LogP contribution in [0.3, 0.4) is 0 Å². The zero-order valence-electron chi connectivity index (χ0n) is 12.3. The second kappa shape index (κ2) is 10.4. The number of hydrogen-bond acceptors (Lipinski definition) is 4. The topological polar surface area (TPSA) is 75.3 Å². The van der Waals surface area contributed by atoms with Gasteiger partial charge in [-0.1, -0.05) is 25.1 Å². The van der Waals surface area contributed by atoms with Crippen molar-refractivity contribution in [3.05, 3.63) is 35.9 Å². The van der Waals surface area contributed by atoms with Crippen LogP contribution in [-0.4, -0.2) is 46.5 Å². The molecule has 6 heteroatoms. The van der Waals surface area contributed by atoms with Gasteiger partial charge in [-0.15, -0.1) is 0 Å². The molecule has 0 fully saturated rings. The molecule has 0 bridgehead atoms. The smallest absolute Gasteiger partial charge is 0.251 e. The molecule has 2 N–H and O–H groups in total. The summed E-state index contributed by atoms with van der Waals surface area (Å²) in [5.74, 6) is -0.0644. The first kappa shape index (κ1) is 18.6. The fourth-order valence-electron chi connectivity index (χ4n) is 1.42. The number of carbonyl (C=O) groups is 1. The molecule has 0 atom stereocenters. The van der Waals surface area contributed by atoms with E-state index in [2.05, 4.69) is 10.6 Å². The van der Waals surface area contributed by atoms with Gasteiger partial charge in [-0.25, -0.2) is 8.42 Å². The van der Waals surface area contributed by atoms with Gasteiger partial charge >= 0.3 is 0 Å². The van der Waals surface area contributed by atoms with Gasteiger partial charge in [-0.2, -0.15) is 0 Å². The van der Waals surface area contributed by atoms with E-state index < -0.39 is 9.84 Å². The zero-order valence-corrected chi connectivity index (χ0v) is 13.2. The molecule has 0 saturated heterocycles. The first-order valence-electron chi connectivity index (χ1n) is 6.59. The van der Waals surface area contributed by atoms with E-state index in [1.165, 1.54) is 0 Å². The number of hydrogen-bond donors (Lipinski definition) is 2. The fraction of sp³-hybridized carbons (Fsp3) is 0.500. The number of amides is 1. The fourth-order valence-corrected chi connectivity index (χ4v) is 2.66. The molecule has 0 aromatic heterocycles. The maximum Gasteiger partial charge on any atom is 0.251 e. The van der Waals surface area contributed by atoms with Crippen LogP contribution in [0, 0.1) is 0 Å². The number of nitrogens with one attached hydrogen (secondary N) is 2. The van der Waals surface area contributed by atoms with E-state index in [0.29, 0.717) is 12.0 Å². The lowest BCUT2D eigenvalue weighted by molar-refractivity contribution is 0.0956. The van der Waals surface area contributed by atoms with Gasteiger partial charge < -0.3 is 10.6 Å². The van der Waals surface area contributed by atoms with Crippen LogP contribution in [0.1, 0.15) is 23.7 Å². The molecule has 1 aromatic rings. The largest absolute Gasteiger partial charge is 0.351 e. The maximum absolute atomic E-state index is 11.6. The summed E-state index contributed by atoms with van der Waals surface area (Å²) in [5.41, 5.74) is 0.542. The van der Waals surface area contributed by atoms with E-state index in [-0.39, 0.29) is 24.0 Å². The van der Waals surface area contributed by atoms with Crippen molar-refractivity contribution >= 4 is 15.7 Å². The Morgan fingerprint density at radius 2 is 1.65 bits per heavy atom. The lowest BCUT2D eigenvalue weighted by Crippen LogP contribution is -2.29. The van der Waals surface area contributed by atoms with Crippen LogP contribution in [-0.2, 0) is 9.84 Å². The summed E-state index contributed by atoms with van der Waals surface area (Å²) in [5, 5.41) is 5.35. The quantitative estimate of drug-likeness (QED) is 0.824. The van der Waals surface area contributed by atoms with Crippen LogP contribution in [0.15, 0.2) is 30.3 Å².